The van der Waals surface area contributed by atoms with Crippen LogP contribution in [0.25, 0.3) is 0 Å². The number of methoxy groups -OCH3 is 1. The fraction of sp³-hybridized carbons (Fsp3) is 0.389. The highest BCUT2D eigenvalue weighted by atomic mass is 32.1. The Balaban J connectivity index is 1.98. The minimum absolute atomic E-state index is 0.0438. The first-order valence-electron chi connectivity index (χ1n) is 8.25. The molecule has 1 aromatic heterocycles. The first kappa shape index (κ1) is 19.7. The van der Waals surface area contributed by atoms with Crippen LogP contribution in [-0.4, -0.2) is 37.0 Å². The average molecular weight is 377 g/mol. The Morgan fingerprint density at radius 3 is 2.88 bits per heavy atom. The molecule has 1 N–H and O–H groups in total. The van der Waals surface area contributed by atoms with Crippen LogP contribution in [0.5, 0.6) is 11.5 Å². The van der Waals surface area contributed by atoms with Crippen LogP contribution >= 0.6 is 11.3 Å². The van der Waals surface area contributed by atoms with E-state index in [1.165, 1.54) is 11.3 Å². The lowest BCUT2D eigenvalue weighted by molar-refractivity contribution is -0.142. The predicted molar refractivity (Wildman–Crippen MR) is 102 cm³/mol. The summed E-state index contributed by atoms with van der Waals surface area (Å²) in [6.45, 7) is 6.05. The summed E-state index contributed by atoms with van der Waals surface area (Å²) < 4.78 is 15.9. The Kier molecular flexibility index (Phi) is 7.40. The van der Waals surface area contributed by atoms with Gasteiger partial charge in [-0.15, -0.1) is 11.3 Å². The molecule has 7 nitrogen and oxygen atoms in total. The summed E-state index contributed by atoms with van der Waals surface area (Å²) in [5.41, 5.74) is 4.37. The predicted octanol–water partition coefficient (Wildman–Crippen LogP) is 3.49. The first-order chi connectivity index (χ1) is 12.5. The third-order valence-corrected chi connectivity index (χ3v) is 3.90. The van der Waals surface area contributed by atoms with Gasteiger partial charge < -0.3 is 14.2 Å². The molecule has 0 radical (unpaired) electrons. The van der Waals surface area contributed by atoms with Crippen LogP contribution in [0.15, 0.2) is 28.7 Å². The van der Waals surface area contributed by atoms with E-state index in [-0.39, 0.29) is 18.5 Å². The van der Waals surface area contributed by atoms with Crippen molar-refractivity contribution in [3.05, 3.63) is 34.8 Å². The molecule has 0 atom stereocenters. The lowest BCUT2D eigenvalue weighted by Crippen LogP contribution is -2.07. The van der Waals surface area contributed by atoms with Crippen LogP contribution < -0.4 is 14.9 Å². The zero-order valence-electron chi connectivity index (χ0n) is 15.3. The third-order valence-electron chi connectivity index (χ3n) is 3.11. The van der Waals surface area contributed by atoms with Crippen molar-refractivity contribution in [2.45, 2.75) is 33.3 Å². The lowest BCUT2D eigenvalue weighted by atomic mass is 10.2. The van der Waals surface area contributed by atoms with Crippen LogP contribution in [0.4, 0.5) is 5.13 Å². The summed E-state index contributed by atoms with van der Waals surface area (Å²) in [4.78, 5) is 15.7. The maximum Gasteiger partial charge on any atom is 0.311 e. The molecule has 8 heteroatoms. The maximum atomic E-state index is 11.5. The van der Waals surface area contributed by atoms with Gasteiger partial charge >= 0.3 is 5.97 Å². The molecular weight excluding hydrogens is 354 g/mol. The number of carbonyl (C=O) groups is 1. The first-order valence-corrected chi connectivity index (χ1v) is 9.13. The van der Waals surface area contributed by atoms with Gasteiger partial charge in [0, 0.05) is 5.38 Å². The Labute approximate surface area is 157 Å². The number of rotatable bonds is 9. The smallest absolute Gasteiger partial charge is 0.311 e. The van der Waals surface area contributed by atoms with Crippen LogP contribution in [0.2, 0.25) is 0 Å². The second kappa shape index (κ2) is 9.76. The summed E-state index contributed by atoms with van der Waals surface area (Å²) in [7, 11) is 1.61. The van der Waals surface area contributed by atoms with E-state index in [0.717, 1.165) is 5.56 Å². The van der Waals surface area contributed by atoms with Gasteiger partial charge in [0.05, 0.1) is 38.1 Å². The maximum absolute atomic E-state index is 11.5. The molecule has 0 spiro atoms. The van der Waals surface area contributed by atoms with Crippen LogP contribution in [0.1, 0.15) is 32.0 Å². The van der Waals surface area contributed by atoms with Gasteiger partial charge in [-0.3, -0.25) is 10.2 Å². The van der Waals surface area contributed by atoms with Gasteiger partial charge in [0.15, 0.2) is 11.5 Å². The number of esters is 1. The van der Waals surface area contributed by atoms with E-state index in [0.29, 0.717) is 28.9 Å². The van der Waals surface area contributed by atoms with E-state index >= 15 is 0 Å². The number of nitrogens with zero attached hydrogens (tertiary/aromatic N) is 2. The number of thiazole rings is 1. The second-order valence-electron chi connectivity index (χ2n) is 5.57. The van der Waals surface area contributed by atoms with E-state index < -0.39 is 0 Å². The number of nitrogens with one attached hydrogen (secondary N) is 1. The number of carbonyl (C=O) groups excluding carboxylic acids is 1. The Morgan fingerprint density at radius 1 is 1.38 bits per heavy atom. The fourth-order valence-electron chi connectivity index (χ4n) is 2.08. The van der Waals surface area contributed by atoms with Crippen LogP contribution in [0, 0.1) is 0 Å². The van der Waals surface area contributed by atoms with Gasteiger partial charge in [0.1, 0.15) is 0 Å². The zero-order chi connectivity index (χ0) is 18.9. The largest absolute Gasteiger partial charge is 0.493 e. The molecule has 0 aliphatic carbocycles. The van der Waals surface area contributed by atoms with Gasteiger partial charge in [-0.2, -0.15) is 5.10 Å². The van der Waals surface area contributed by atoms with Crippen LogP contribution in [0.3, 0.4) is 0 Å². The van der Waals surface area contributed by atoms with Crippen molar-refractivity contribution in [2.75, 3.05) is 19.1 Å². The summed E-state index contributed by atoms with van der Waals surface area (Å²) in [6, 6.07) is 5.57. The molecular formula is C18H23N3O4S. The lowest BCUT2D eigenvalue weighted by Gasteiger charge is -2.13. The molecule has 0 fully saturated rings. The van der Waals surface area contributed by atoms with E-state index in [4.69, 9.17) is 14.2 Å². The number of ether oxygens (including phenoxy) is 3. The molecule has 0 amide bonds. The number of benzene rings is 1. The molecule has 0 saturated heterocycles. The van der Waals surface area contributed by atoms with Crippen molar-refractivity contribution >= 4 is 28.7 Å². The average Bonchev–Trinajstić information content (AvgIpc) is 3.02. The van der Waals surface area contributed by atoms with E-state index in [1.807, 2.05) is 32.0 Å². The number of anilines is 1. The Bertz CT molecular complexity index is 759. The van der Waals surface area contributed by atoms with Gasteiger partial charge in [0.25, 0.3) is 0 Å². The highest BCUT2D eigenvalue weighted by molar-refractivity contribution is 7.13. The van der Waals surface area contributed by atoms with Gasteiger partial charge in [-0.25, -0.2) is 4.98 Å². The summed E-state index contributed by atoms with van der Waals surface area (Å²) in [6.07, 6.45) is 1.87. The zero-order valence-corrected chi connectivity index (χ0v) is 16.1. The number of hydrazone groups is 1. The fourth-order valence-corrected chi connectivity index (χ4v) is 2.74. The summed E-state index contributed by atoms with van der Waals surface area (Å²) in [5.74, 6) is 1.05. The Hall–Kier alpha value is -2.61. The van der Waals surface area contributed by atoms with Crippen molar-refractivity contribution in [1.29, 1.82) is 0 Å². The van der Waals surface area contributed by atoms with Gasteiger partial charge in [0.2, 0.25) is 5.13 Å². The molecule has 0 bridgehead atoms. The van der Waals surface area contributed by atoms with E-state index in [9.17, 15) is 4.79 Å². The van der Waals surface area contributed by atoms with Crippen molar-refractivity contribution in [3.8, 4) is 11.5 Å². The molecule has 0 aliphatic heterocycles. The minimum Gasteiger partial charge on any atom is -0.493 e. The molecule has 1 heterocycles. The van der Waals surface area contributed by atoms with Gasteiger partial charge in [-0.05, 0) is 44.5 Å². The SMILES string of the molecule is CCOC(=O)Cc1csc(NN=Cc2ccc(OC)c(OC(C)C)c2)n1. The van der Waals surface area contributed by atoms with Crippen molar-refractivity contribution in [2.24, 2.45) is 5.10 Å². The van der Waals surface area contributed by atoms with Crippen LogP contribution in [-0.2, 0) is 16.0 Å². The highest BCUT2D eigenvalue weighted by Gasteiger charge is 2.09. The monoisotopic (exact) mass is 377 g/mol. The molecule has 2 rings (SSSR count). The van der Waals surface area contributed by atoms with Crippen molar-refractivity contribution in [3.63, 3.8) is 0 Å². The number of aromatic nitrogens is 1. The van der Waals surface area contributed by atoms with Gasteiger partial charge in [-0.1, -0.05) is 0 Å². The second-order valence-corrected chi connectivity index (χ2v) is 6.43. The highest BCUT2D eigenvalue weighted by Crippen LogP contribution is 2.28. The number of hydrogen-bond donors (Lipinski definition) is 1. The molecule has 1 aromatic carbocycles. The quantitative estimate of drug-likeness (QED) is 0.409. The normalized spacial score (nSPS) is 11.0. The topological polar surface area (TPSA) is 82.0 Å². The molecule has 0 saturated carbocycles. The number of hydrogen-bond acceptors (Lipinski definition) is 8. The molecule has 0 unspecified atom stereocenters. The van der Waals surface area contributed by atoms with Crippen molar-refractivity contribution < 1.29 is 19.0 Å². The third kappa shape index (κ3) is 6.03. The summed E-state index contributed by atoms with van der Waals surface area (Å²) >= 11 is 1.37. The summed E-state index contributed by atoms with van der Waals surface area (Å²) in [5, 5.41) is 6.58. The molecule has 26 heavy (non-hydrogen) atoms. The molecule has 2 aromatic rings. The Morgan fingerprint density at radius 2 is 2.19 bits per heavy atom. The van der Waals surface area contributed by atoms with Crippen molar-refractivity contribution in [1.82, 2.24) is 4.98 Å². The molecule has 140 valence electrons. The molecule has 0 aliphatic rings. The minimum atomic E-state index is -0.288. The standard InChI is InChI=1S/C18H23N3O4S/c1-5-24-17(22)9-14-11-26-18(20-14)21-19-10-13-6-7-15(23-4)16(8-13)25-12(2)3/h6-8,10-12H,5,9H2,1-4H3,(H,20,21). The van der Waals surface area contributed by atoms with E-state index in [1.54, 1.807) is 25.6 Å². The van der Waals surface area contributed by atoms with E-state index in [2.05, 4.69) is 15.5 Å².